The van der Waals surface area contributed by atoms with Crippen LogP contribution in [0.5, 0.6) is 5.75 Å². The zero-order valence-electron chi connectivity index (χ0n) is 13.2. The minimum atomic E-state index is -0.0608. The van der Waals surface area contributed by atoms with Crippen LogP contribution in [0.3, 0.4) is 0 Å². The summed E-state index contributed by atoms with van der Waals surface area (Å²) in [5, 5.41) is -0.0608. The summed E-state index contributed by atoms with van der Waals surface area (Å²) in [6, 6.07) is 7.96. The number of rotatable bonds is 11. The molecule has 0 amide bonds. The average Bonchev–Trinajstić information content (AvgIpc) is 2.51. The van der Waals surface area contributed by atoms with Gasteiger partial charge in [-0.15, -0.1) is 11.6 Å². The standard InChI is InChI=1S/C16H26ClNO3/c1-4-21-15-7-5-14(6-8-15)16(17)13-18(9-11-19-2)10-12-20-3/h5-8,16H,4,9-13H2,1-3H3. The smallest absolute Gasteiger partial charge is 0.119 e. The van der Waals surface area contributed by atoms with Gasteiger partial charge in [-0.25, -0.2) is 0 Å². The molecule has 5 heteroatoms. The lowest BCUT2D eigenvalue weighted by molar-refractivity contribution is 0.114. The van der Waals surface area contributed by atoms with Crippen LogP contribution in [0.2, 0.25) is 0 Å². The molecule has 1 aromatic carbocycles. The van der Waals surface area contributed by atoms with Gasteiger partial charge in [0.05, 0.1) is 25.2 Å². The molecule has 1 aromatic rings. The van der Waals surface area contributed by atoms with Crippen molar-refractivity contribution in [1.82, 2.24) is 4.90 Å². The first-order chi connectivity index (χ1) is 10.2. The molecule has 1 atom stereocenters. The molecule has 120 valence electrons. The fraction of sp³-hybridized carbons (Fsp3) is 0.625. The number of ether oxygens (including phenoxy) is 3. The molecule has 0 fully saturated rings. The van der Waals surface area contributed by atoms with Crippen LogP contribution >= 0.6 is 11.6 Å². The number of nitrogens with zero attached hydrogens (tertiary/aromatic N) is 1. The highest BCUT2D eigenvalue weighted by Gasteiger charge is 2.13. The second-order valence-corrected chi connectivity index (χ2v) is 5.28. The van der Waals surface area contributed by atoms with Crippen LogP contribution in [0.1, 0.15) is 17.9 Å². The van der Waals surface area contributed by atoms with Crippen LogP contribution in [0.15, 0.2) is 24.3 Å². The van der Waals surface area contributed by atoms with Gasteiger partial charge < -0.3 is 14.2 Å². The normalized spacial score (nSPS) is 12.6. The maximum atomic E-state index is 6.52. The molecule has 0 spiro atoms. The number of hydrogen-bond donors (Lipinski definition) is 0. The third kappa shape index (κ3) is 7.14. The van der Waals surface area contributed by atoms with Gasteiger partial charge in [-0.05, 0) is 24.6 Å². The first-order valence-electron chi connectivity index (χ1n) is 7.28. The van der Waals surface area contributed by atoms with Gasteiger partial charge in [0.15, 0.2) is 0 Å². The topological polar surface area (TPSA) is 30.9 Å². The Labute approximate surface area is 132 Å². The van der Waals surface area contributed by atoms with Crippen molar-refractivity contribution in [3.05, 3.63) is 29.8 Å². The Hall–Kier alpha value is -0.810. The van der Waals surface area contributed by atoms with Crippen molar-refractivity contribution in [1.29, 1.82) is 0 Å². The Morgan fingerprint density at radius 2 is 1.62 bits per heavy atom. The maximum Gasteiger partial charge on any atom is 0.119 e. The second-order valence-electron chi connectivity index (χ2n) is 4.76. The molecule has 1 rings (SSSR count). The molecule has 0 saturated heterocycles. The van der Waals surface area contributed by atoms with E-state index >= 15 is 0 Å². The van der Waals surface area contributed by atoms with E-state index in [9.17, 15) is 0 Å². The van der Waals surface area contributed by atoms with Crippen LogP contribution < -0.4 is 4.74 Å². The molecule has 0 N–H and O–H groups in total. The lowest BCUT2D eigenvalue weighted by Gasteiger charge is -2.24. The molecule has 0 heterocycles. The van der Waals surface area contributed by atoms with E-state index in [4.69, 9.17) is 25.8 Å². The van der Waals surface area contributed by atoms with Crippen molar-refractivity contribution in [2.75, 3.05) is 53.7 Å². The van der Waals surface area contributed by atoms with Gasteiger partial charge >= 0.3 is 0 Å². The first kappa shape index (κ1) is 18.2. The molecule has 4 nitrogen and oxygen atoms in total. The summed E-state index contributed by atoms with van der Waals surface area (Å²) in [4.78, 5) is 2.25. The first-order valence-corrected chi connectivity index (χ1v) is 7.72. The SMILES string of the molecule is CCOc1ccc(C(Cl)CN(CCOC)CCOC)cc1. The van der Waals surface area contributed by atoms with Gasteiger partial charge in [0.25, 0.3) is 0 Å². The van der Waals surface area contributed by atoms with Crippen LogP contribution in [0, 0.1) is 0 Å². The summed E-state index contributed by atoms with van der Waals surface area (Å²) in [5.74, 6) is 0.876. The van der Waals surface area contributed by atoms with E-state index in [0.29, 0.717) is 19.8 Å². The Morgan fingerprint density at radius 3 is 2.10 bits per heavy atom. The summed E-state index contributed by atoms with van der Waals surface area (Å²) in [6.45, 7) is 6.49. The van der Waals surface area contributed by atoms with Crippen LogP contribution in [-0.2, 0) is 9.47 Å². The molecule has 0 saturated carbocycles. The molecular formula is C16H26ClNO3. The monoisotopic (exact) mass is 315 g/mol. The average molecular weight is 316 g/mol. The van der Waals surface area contributed by atoms with E-state index in [1.807, 2.05) is 31.2 Å². The van der Waals surface area contributed by atoms with E-state index in [1.54, 1.807) is 14.2 Å². The van der Waals surface area contributed by atoms with Gasteiger partial charge in [0, 0.05) is 33.9 Å². The number of methoxy groups -OCH3 is 2. The molecule has 0 aliphatic heterocycles. The predicted molar refractivity (Wildman–Crippen MR) is 86.4 cm³/mol. The second kappa shape index (κ2) is 10.9. The Kier molecular flexibility index (Phi) is 9.42. The highest BCUT2D eigenvalue weighted by Crippen LogP contribution is 2.24. The van der Waals surface area contributed by atoms with Crippen LogP contribution in [0.4, 0.5) is 0 Å². The van der Waals surface area contributed by atoms with Gasteiger partial charge in [-0.1, -0.05) is 12.1 Å². The van der Waals surface area contributed by atoms with Crippen molar-refractivity contribution in [2.45, 2.75) is 12.3 Å². The molecule has 1 unspecified atom stereocenters. The van der Waals surface area contributed by atoms with Gasteiger partial charge in [-0.2, -0.15) is 0 Å². The fourth-order valence-electron chi connectivity index (χ4n) is 2.01. The Bertz CT molecular complexity index is 364. The Balaban J connectivity index is 2.55. The molecular weight excluding hydrogens is 290 g/mol. The molecule has 0 aliphatic carbocycles. The third-order valence-electron chi connectivity index (χ3n) is 3.19. The largest absolute Gasteiger partial charge is 0.494 e. The van der Waals surface area contributed by atoms with Gasteiger partial charge in [-0.3, -0.25) is 4.90 Å². The number of benzene rings is 1. The number of halogens is 1. The third-order valence-corrected chi connectivity index (χ3v) is 3.58. The number of hydrogen-bond acceptors (Lipinski definition) is 4. The summed E-state index contributed by atoms with van der Waals surface area (Å²) in [7, 11) is 3.41. The lowest BCUT2D eigenvalue weighted by atomic mass is 10.1. The molecule has 21 heavy (non-hydrogen) atoms. The van der Waals surface area contributed by atoms with Gasteiger partial charge in [0.2, 0.25) is 0 Å². The summed E-state index contributed by atoms with van der Waals surface area (Å²) in [6.07, 6.45) is 0. The van der Waals surface area contributed by atoms with E-state index in [0.717, 1.165) is 30.9 Å². The lowest BCUT2D eigenvalue weighted by Crippen LogP contribution is -2.33. The van der Waals surface area contributed by atoms with E-state index in [-0.39, 0.29) is 5.38 Å². The molecule has 0 aromatic heterocycles. The summed E-state index contributed by atoms with van der Waals surface area (Å²) >= 11 is 6.52. The van der Waals surface area contributed by atoms with Crippen LogP contribution in [-0.4, -0.2) is 58.6 Å². The molecule has 0 bridgehead atoms. The minimum absolute atomic E-state index is 0.0608. The Morgan fingerprint density at radius 1 is 1.05 bits per heavy atom. The fourth-order valence-corrected chi connectivity index (χ4v) is 2.35. The van der Waals surface area contributed by atoms with Crippen LogP contribution in [0.25, 0.3) is 0 Å². The molecule has 0 aliphatic rings. The van der Waals surface area contributed by atoms with Crippen molar-refractivity contribution >= 4 is 11.6 Å². The van der Waals surface area contributed by atoms with E-state index < -0.39 is 0 Å². The van der Waals surface area contributed by atoms with Crippen molar-refractivity contribution < 1.29 is 14.2 Å². The zero-order chi connectivity index (χ0) is 15.5. The summed E-state index contributed by atoms with van der Waals surface area (Å²) < 4.78 is 15.7. The van der Waals surface area contributed by atoms with Crippen molar-refractivity contribution in [2.24, 2.45) is 0 Å². The van der Waals surface area contributed by atoms with Gasteiger partial charge in [0.1, 0.15) is 5.75 Å². The highest BCUT2D eigenvalue weighted by atomic mass is 35.5. The van der Waals surface area contributed by atoms with Crippen molar-refractivity contribution in [3.8, 4) is 5.75 Å². The number of alkyl halides is 1. The van der Waals surface area contributed by atoms with E-state index in [1.165, 1.54) is 0 Å². The quantitative estimate of drug-likeness (QED) is 0.587. The predicted octanol–water partition coefficient (Wildman–Crippen LogP) is 2.96. The van der Waals surface area contributed by atoms with E-state index in [2.05, 4.69) is 4.90 Å². The zero-order valence-corrected chi connectivity index (χ0v) is 13.9. The maximum absolute atomic E-state index is 6.52. The summed E-state index contributed by atoms with van der Waals surface area (Å²) in [5.41, 5.74) is 1.10. The minimum Gasteiger partial charge on any atom is -0.494 e. The molecule has 0 radical (unpaired) electrons. The van der Waals surface area contributed by atoms with Crippen molar-refractivity contribution in [3.63, 3.8) is 0 Å². The highest BCUT2D eigenvalue weighted by molar-refractivity contribution is 6.21.